The van der Waals surface area contributed by atoms with Gasteiger partial charge in [0.2, 0.25) is 4.34 Å². The predicted molar refractivity (Wildman–Crippen MR) is 124 cm³/mol. The van der Waals surface area contributed by atoms with Crippen LogP contribution in [0.3, 0.4) is 0 Å². The van der Waals surface area contributed by atoms with Crippen LogP contribution in [0.4, 0.5) is 4.39 Å². The van der Waals surface area contributed by atoms with Crippen LogP contribution in [0.1, 0.15) is 74.9 Å². The van der Waals surface area contributed by atoms with Gasteiger partial charge < -0.3 is 5.11 Å². The number of rotatable bonds is 6. The maximum absolute atomic E-state index is 14.5. The van der Waals surface area contributed by atoms with Crippen molar-refractivity contribution in [3.8, 4) is 0 Å². The minimum Gasteiger partial charge on any atom is -0.385 e. The van der Waals surface area contributed by atoms with Crippen LogP contribution < -0.4 is 5.14 Å². The standard InChI is InChI=1S/C20H28FN3O3S2.H2S/c1-11(2)13-7-8-15(21)18(12(3)4)14(13)9-17(25)24-29(22,27)19-23-10-16(28-19)20(5,6)26;/h7-8,10-12,26H,9H2,1-6H3,(H2,22,24,25,27);1H2. The second kappa shape index (κ2) is 9.86. The van der Waals surface area contributed by atoms with Crippen LogP contribution in [0.25, 0.3) is 0 Å². The van der Waals surface area contributed by atoms with E-state index in [1.54, 1.807) is 19.9 Å². The molecule has 168 valence electrons. The average molecular weight is 476 g/mol. The highest BCUT2D eigenvalue weighted by atomic mass is 32.2. The van der Waals surface area contributed by atoms with Crippen LogP contribution in [0, 0.1) is 5.82 Å². The third-order valence-corrected chi connectivity index (χ3v) is 7.59. The third kappa shape index (κ3) is 6.10. The zero-order chi connectivity index (χ0) is 22.1. The van der Waals surface area contributed by atoms with Gasteiger partial charge in [-0.25, -0.2) is 18.7 Å². The number of halogens is 1. The quantitative estimate of drug-likeness (QED) is 0.648. The van der Waals surface area contributed by atoms with Gasteiger partial charge in [-0.2, -0.15) is 13.5 Å². The Morgan fingerprint density at radius 1 is 1.30 bits per heavy atom. The van der Waals surface area contributed by atoms with Crippen molar-refractivity contribution < 1.29 is 18.5 Å². The van der Waals surface area contributed by atoms with Crippen LogP contribution >= 0.6 is 24.8 Å². The first kappa shape index (κ1) is 26.7. The van der Waals surface area contributed by atoms with Gasteiger partial charge in [-0.05, 0) is 48.4 Å². The molecule has 0 spiro atoms. The van der Waals surface area contributed by atoms with E-state index in [2.05, 4.69) is 9.35 Å². The normalized spacial score (nSPS) is 13.8. The van der Waals surface area contributed by atoms with Crippen molar-refractivity contribution >= 4 is 40.7 Å². The molecule has 0 aliphatic carbocycles. The van der Waals surface area contributed by atoms with Crippen LogP contribution in [-0.2, 0) is 26.7 Å². The number of amides is 1. The van der Waals surface area contributed by atoms with E-state index in [1.165, 1.54) is 12.3 Å². The highest BCUT2D eigenvalue weighted by Gasteiger charge is 2.24. The first-order valence-corrected chi connectivity index (χ1v) is 11.7. The Morgan fingerprint density at radius 3 is 2.37 bits per heavy atom. The summed E-state index contributed by atoms with van der Waals surface area (Å²) in [6, 6.07) is 3.08. The molecule has 3 N–H and O–H groups in total. The van der Waals surface area contributed by atoms with Gasteiger partial charge in [-0.15, -0.1) is 15.7 Å². The van der Waals surface area contributed by atoms with Crippen molar-refractivity contribution in [3.63, 3.8) is 0 Å². The lowest BCUT2D eigenvalue weighted by Crippen LogP contribution is -2.17. The van der Waals surface area contributed by atoms with Crippen LogP contribution in [0.15, 0.2) is 27.0 Å². The number of hydrogen-bond acceptors (Lipinski definition) is 5. The smallest absolute Gasteiger partial charge is 0.259 e. The summed E-state index contributed by atoms with van der Waals surface area (Å²) in [5.74, 6) is -1.14. The van der Waals surface area contributed by atoms with E-state index in [9.17, 15) is 18.5 Å². The van der Waals surface area contributed by atoms with Crippen molar-refractivity contribution in [1.82, 2.24) is 4.98 Å². The fourth-order valence-corrected chi connectivity index (χ4v) is 5.22. The number of thiazole rings is 1. The summed E-state index contributed by atoms with van der Waals surface area (Å²) in [4.78, 5) is 17.1. The van der Waals surface area contributed by atoms with Crippen LogP contribution in [0.5, 0.6) is 0 Å². The molecule has 0 fully saturated rings. The molecule has 0 radical (unpaired) electrons. The van der Waals surface area contributed by atoms with Crippen molar-refractivity contribution in [3.05, 3.63) is 45.7 Å². The maximum Gasteiger partial charge on any atom is 0.259 e. The average Bonchev–Trinajstić information content (AvgIpc) is 3.04. The molecule has 0 aliphatic heterocycles. The number of aromatic nitrogens is 1. The lowest BCUT2D eigenvalue weighted by atomic mass is 9.86. The first-order chi connectivity index (χ1) is 13.2. The highest BCUT2D eigenvalue weighted by molar-refractivity contribution is 7.93. The molecule has 0 saturated carbocycles. The molecule has 6 nitrogen and oxygen atoms in total. The van der Waals surface area contributed by atoms with E-state index in [-0.39, 0.29) is 41.9 Å². The van der Waals surface area contributed by atoms with E-state index in [1.807, 2.05) is 27.7 Å². The zero-order valence-corrected chi connectivity index (χ0v) is 20.7. The molecule has 1 heterocycles. The lowest BCUT2D eigenvalue weighted by Gasteiger charge is -2.19. The SMILES string of the molecule is CC(C)c1ccc(F)c(C(C)C)c1CC(=O)N=S(N)(=O)c1ncc(C(C)(C)O)s1.S. The summed E-state index contributed by atoms with van der Waals surface area (Å²) in [6.07, 6.45) is 1.17. The Hall–Kier alpha value is -1.33. The topological polar surface area (TPSA) is 106 Å². The van der Waals surface area contributed by atoms with Crippen molar-refractivity contribution in [1.29, 1.82) is 0 Å². The molecular formula is C20H30FN3O3S3. The molecular weight excluding hydrogens is 445 g/mol. The summed E-state index contributed by atoms with van der Waals surface area (Å²) < 4.78 is 31.0. The van der Waals surface area contributed by atoms with Gasteiger partial charge in [0.15, 0.2) is 9.92 Å². The summed E-state index contributed by atoms with van der Waals surface area (Å²) in [5.41, 5.74) is 0.702. The molecule has 0 saturated heterocycles. The summed E-state index contributed by atoms with van der Waals surface area (Å²) in [7, 11) is -3.57. The summed E-state index contributed by atoms with van der Waals surface area (Å²) in [6.45, 7) is 10.8. The lowest BCUT2D eigenvalue weighted by molar-refractivity contribution is -0.117. The second-order valence-corrected chi connectivity index (χ2v) is 11.1. The molecule has 10 heteroatoms. The van der Waals surface area contributed by atoms with Crippen molar-refractivity contribution in [2.75, 3.05) is 0 Å². The number of hydrogen-bond donors (Lipinski definition) is 2. The number of aliphatic hydroxyl groups is 1. The fourth-order valence-electron chi connectivity index (χ4n) is 3.07. The van der Waals surface area contributed by atoms with Crippen LogP contribution in [0.2, 0.25) is 0 Å². The van der Waals surface area contributed by atoms with E-state index >= 15 is 0 Å². The number of nitrogens with zero attached hydrogens (tertiary/aromatic N) is 2. The van der Waals surface area contributed by atoms with E-state index in [4.69, 9.17) is 5.14 Å². The van der Waals surface area contributed by atoms with E-state index in [0.29, 0.717) is 16.0 Å². The van der Waals surface area contributed by atoms with Gasteiger partial charge >= 0.3 is 0 Å². The Kier molecular flexibility index (Phi) is 8.78. The molecule has 1 unspecified atom stereocenters. The maximum atomic E-state index is 14.5. The van der Waals surface area contributed by atoms with Gasteiger partial charge in [-0.1, -0.05) is 33.8 Å². The molecule has 1 aromatic carbocycles. The number of carbonyl (C=O) groups excluding carboxylic acids is 1. The summed E-state index contributed by atoms with van der Waals surface area (Å²) >= 11 is 0.946. The molecule has 2 aromatic rings. The van der Waals surface area contributed by atoms with Gasteiger partial charge in [-0.3, -0.25) is 4.79 Å². The van der Waals surface area contributed by atoms with Crippen molar-refractivity contribution in [2.24, 2.45) is 9.50 Å². The number of nitrogens with two attached hydrogens (primary N) is 1. The number of benzene rings is 1. The Bertz CT molecular complexity index is 1030. The third-order valence-electron chi connectivity index (χ3n) is 4.44. The fraction of sp³-hybridized carbons (Fsp3) is 0.500. The van der Waals surface area contributed by atoms with E-state index in [0.717, 1.165) is 16.9 Å². The molecule has 2 rings (SSSR count). The summed E-state index contributed by atoms with van der Waals surface area (Å²) in [5, 5.41) is 15.8. The Morgan fingerprint density at radius 2 is 1.90 bits per heavy atom. The largest absolute Gasteiger partial charge is 0.385 e. The molecule has 30 heavy (non-hydrogen) atoms. The highest BCUT2D eigenvalue weighted by Crippen LogP contribution is 2.31. The molecule has 1 atom stereocenters. The zero-order valence-electron chi connectivity index (χ0n) is 18.0. The van der Waals surface area contributed by atoms with Gasteiger partial charge in [0.1, 0.15) is 5.82 Å². The first-order valence-electron chi connectivity index (χ1n) is 9.31. The van der Waals surface area contributed by atoms with Gasteiger partial charge in [0, 0.05) is 6.20 Å². The minimum atomic E-state index is -3.57. The van der Waals surface area contributed by atoms with Gasteiger partial charge in [0.05, 0.1) is 16.9 Å². The van der Waals surface area contributed by atoms with E-state index < -0.39 is 21.4 Å². The minimum absolute atomic E-state index is 0. The molecule has 1 amide bonds. The van der Waals surface area contributed by atoms with Crippen LogP contribution in [-0.4, -0.2) is 20.2 Å². The second-order valence-electron chi connectivity index (χ2n) is 8.12. The number of carbonyl (C=O) groups is 1. The predicted octanol–water partition coefficient (Wildman–Crippen LogP) is 4.34. The molecule has 0 bridgehead atoms. The van der Waals surface area contributed by atoms with Crippen molar-refractivity contribution in [2.45, 2.75) is 69.7 Å². The monoisotopic (exact) mass is 475 g/mol. The Balaban J connectivity index is 0.00000450. The molecule has 1 aromatic heterocycles. The Labute approximate surface area is 188 Å². The van der Waals surface area contributed by atoms with Gasteiger partial charge in [0.25, 0.3) is 5.91 Å². The molecule has 0 aliphatic rings.